The van der Waals surface area contributed by atoms with Gasteiger partial charge in [-0.2, -0.15) is 0 Å². The molecule has 6 nitrogen and oxygen atoms in total. The third kappa shape index (κ3) is 6.44. The molecule has 166 valence electrons. The zero-order chi connectivity index (χ0) is 22.8. The van der Waals surface area contributed by atoms with Gasteiger partial charge in [-0.1, -0.05) is 11.6 Å². The highest BCUT2D eigenvalue weighted by Gasteiger charge is 2.34. The lowest BCUT2D eigenvalue weighted by molar-refractivity contribution is 0.0196. The number of carbonyl (C=O) groups is 2. The maximum Gasteiger partial charge on any atom is 0.410 e. The van der Waals surface area contributed by atoms with E-state index in [0.717, 1.165) is 20.0 Å². The Balaban J connectivity index is 1.93. The molecule has 1 saturated heterocycles. The average Bonchev–Trinajstić information content (AvgIpc) is 2.69. The Bertz CT molecular complexity index is 981. The van der Waals surface area contributed by atoms with Gasteiger partial charge >= 0.3 is 6.09 Å². The molecule has 0 saturated carbocycles. The van der Waals surface area contributed by atoms with Crippen molar-refractivity contribution >= 4 is 74.6 Å². The molecule has 1 aromatic heterocycles. The van der Waals surface area contributed by atoms with E-state index in [4.69, 9.17) is 16.3 Å². The maximum atomic E-state index is 13.6. The van der Waals surface area contributed by atoms with Gasteiger partial charge in [0.1, 0.15) is 11.4 Å². The molecule has 1 atom stereocenters. The fourth-order valence-electron chi connectivity index (χ4n) is 3.41. The number of anilines is 1. The number of hydrogen-bond donors (Lipinski definition) is 0. The molecule has 2 heterocycles. The molecule has 1 fully saturated rings. The van der Waals surface area contributed by atoms with Crippen molar-refractivity contribution in [3.05, 3.63) is 54.3 Å². The highest BCUT2D eigenvalue weighted by atomic mass is 127. The molecule has 31 heavy (non-hydrogen) atoms. The Kier molecular flexibility index (Phi) is 8.06. The highest BCUT2D eigenvalue weighted by Crippen LogP contribution is 2.27. The SMILES string of the molecule is CC(C)(C)OC(=O)N1CCC[C@@H](N(C(=O)c2ccc(Cl)c(I)c2)c2cc(I)ccn2)C1. The van der Waals surface area contributed by atoms with Crippen molar-refractivity contribution < 1.29 is 14.3 Å². The van der Waals surface area contributed by atoms with Gasteiger partial charge < -0.3 is 9.64 Å². The molecule has 1 aliphatic rings. The maximum absolute atomic E-state index is 13.6. The van der Waals surface area contributed by atoms with E-state index in [1.807, 2.05) is 32.9 Å². The molecule has 2 amide bonds. The van der Waals surface area contributed by atoms with E-state index in [2.05, 4.69) is 50.2 Å². The van der Waals surface area contributed by atoms with Crippen molar-refractivity contribution in [1.82, 2.24) is 9.88 Å². The summed E-state index contributed by atoms with van der Waals surface area (Å²) in [7, 11) is 0. The normalized spacial score (nSPS) is 16.7. The van der Waals surface area contributed by atoms with Gasteiger partial charge in [0, 0.05) is 32.0 Å². The fourth-order valence-corrected chi connectivity index (χ4v) is 4.48. The standard InChI is InChI=1S/C22H24ClI2N3O3/c1-22(2,3)31-21(30)27-10-4-5-16(13-27)28(19-12-15(24)8-9-26-19)20(29)14-6-7-17(23)18(25)11-14/h6-9,11-12,16H,4-5,10,13H2,1-3H3/t16-/m1/s1. The molecular weight excluding hydrogens is 644 g/mol. The van der Waals surface area contributed by atoms with Crippen molar-refractivity contribution in [2.45, 2.75) is 45.3 Å². The summed E-state index contributed by atoms with van der Waals surface area (Å²) in [6.45, 7) is 6.53. The third-order valence-corrected chi connectivity index (χ3v) is 6.97. The second-order valence-corrected chi connectivity index (χ2v) is 11.2. The molecule has 1 aromatic carbocycles. The summed E-state index contributed by atoms with van der Waals surface area (Å²) in [5.74, 6) is 0.401. The van der Waals surface area contributed by atoms with Gasteiger partial charge in [-0.15, -0.1) is 0 Å². The Hall–Kier alpha value is -1.14. The van der Waals surface area contributed by atoms with E-state index in [1.54, 1.807) is 34.2 Å². The van der Waals surface area contributed by atoms with Crippen LogP contribution in [0.25, 0.3) is 0 Å². The number of halogens is 3. The summed E-state index contributed by atoms with van der Waals surface area (Å²) >= 11 is 10.5. The Morgan fingerprint density at radius 3 is 2.61 bits per heavy atom. The number of pyridine rings is 1. The monoisotopic (exact) mass is 667 g/mol. The van der Waals surface area contributed by atoms with E-state index < -0.39 is 5.60 Å². The van der Waals surface area contributed by atoms with Crippen LogP contribution in [0, 0.1) is 7.14 Å². The summed E-state index contributed by atoms with van der Waals surface area (Å²) in [4.78, 5) is 34.1. The van der Waals surface area contributed by atoms with Crippen molar-refractivity contribution in [2.75, 3.05) is 18.0 Å². The van der Waals surface area contributed by atoms with Crippen LogP contribution in [-0.4, -0.2) is 46.6 Å². The molecule has 1 aliphatic heterocycles. The van der Waals surface area contributed by atoms with Crippen molar-refractivity contribution in [3.63, 3.8) is 0 Å². The van der Waals surface area contributed by atoms with Crippen LogP contribution in [0.15, 0.2) is 36.5 Å². The van der Waals surface area contributed by atoms with E-state index in [-0.39, 0.29) is 18.0 Å². The average molecular weight is 668 g/mol. The van der Waals surface area contributed by atoms with Crippen molar-refractivity contribution in [3.8, 4) is 0 Å². The minimum atomic E-state index is -0.573. The van der Waals surface area contributed by atoms with Crippen LogP contribution in [0.5, 0.6) is 0 Å². The lowest BCUT2D eigenvalue weighted by atomic mass is 10.0. The number of nitrogens with zero attached hydrogens (tertiary/aromatic N) is 3. The minimum absolute atomic E-state index is 0.167. The zero-order valence-corrected chi connectivity index (χ0v) is 22.6. The Morgan fingerprint density at radius 1 is 1.23 bits per heavy atom. The molecule has 0 aliphatic carbocycles. The molecule has 0 unspecified atom stereocenters. The van der Waals surface area contributed by atoms with Gasteiger partial charge in [-0.25, -0.2) is 9.78 Å². The van der Waals surface area contributed by atoms with Gasteiger partial charge in [0.05, 0.1) is 11.1 Å². The predicted octanol–water partition coefficient (Wildman–Crippen LogP) is 5.99. The first-order valence-corrected chi connectivity index (χ1v) is 12.5. The van der Waals surface area contributed by atoms with Crippen LogP contribution in [0.3, 0.4) is 0 Å². The number of amides is 2. The smallest absolute Gasteiger partial charge is 0.410 e. The number of hydrogen-bond acceptors (Lipinski definition) is 4. The first-order chi connectivity index (χ1) is 14.5. The van der Waals surface area contributed by atoms with Gasteiger partial charge in [-0.3, -0.25) is 9.69 Å². The molecule has 2 aromatic rings. The number of carbonyl (C=O) groups excluding carboxylic acids is 2. The van der Waals surface area contributed by atoms with Crippen LogP contribution in [0.4, 0.5) is 10.6 Å². The molecule has 0 bridgehead atoms. The number of benzene rings is 1. The van der Waals surface area contributed by atoms with Gasteiger partial charge in [0.15, 0.2) is 0 Å². The molecule has 0 N–H and O–H groups in total. The van der Waals surface area contributed by atoms with Crippen LogP contribution in [0.1, 0.15) is 44.0 Å². The van der Waals surface area contributed by atoms with Gasteiger partial charge in [0.25, 0.3) is 5.91 Å². The highest BCUT2D eigenvalue weighted by molar-refractivity contribution is 14.1. The number of piperidine rings is 1. The second kappa shape index (κ2) is 10.2. The molecule has 9 heteroatoms. The summed E-state index contributed by atoms with van der Waals surface area (Å²) in [5, 5.41) is 0.602. The molecule has 3 rings (SSSR count). The molecule has 0 radical (unpaired) electrons. The lowest BCUT2D eigenvalue weighted by Crippen LogP contribution is -2.53. The summed E-state index contributed by atoms with van der Waals surface area (Å²) in [5.41, 5.74) is -0.0414. The van der Waals surface area contributed by atoms with E-state index >= 15 is 0 Å². The Morgan fingerprint density at radius 2 is 1.97 bits per heavy atom. The van der Waals surface area contributed by atoms with Crippen LogP contribution >= 0.6 is 56.8 Å². The Labute approximate surface area is 214 Å². The zero-order valence-electron chi connectivity index (χ0n) is 17.6. The minimum Gasteiger partial charge on any atom is -0.444 e. The fraction of sp³-hybridized carbons (Fsp3) is 0.409. The third-order valence-electron chi connectivity index (χ3n) is 4.75. The largest absolute Gasteiger partial charge is 0.444 e. The first kappa shape index (κ1) is 24.5. The van der Waals surface area contributed by atoms with Crippen LogP contribution in [0.2, 0.25) is 5.02 Å². The van der Waals surface area contributed by atoms with Crippen LogP contribution < -0.4 is 4.90 Å². The van der Waals surface area contributed by atoms with Crippen molar-refractivity contribution in [1.29, 1.82) is 0 Å². The lowest BCUT2D eigenvalue weighted by Gasteiger charge is -2.39. The predicted molar refractivity (Wildman–Crippen MR) is 139 cm³/mol. The number of rotatable bonds is 3. The quantitative estimate of drug-likeness (QED) is 0.378. The summed E-state index contributed by atoms with van der Waals surface area (Å²) < 4.78 is 7.34. The summed E-state index contributed by atoms with van der Waals surface area (Å²) in [6, 6.07) is 8.78. The number of ether oxygens (including phenoxy) is 1. The number of likely N-dealkylation sites (tertiary alicyclic amines) is 1. The van der Waals surface area contributed by atoms with E-state index in [1.165, 1.54) is 0 Å². The topological polar surface area (TPSA) is 62.7 Å². The number of aromatic nitrogens is 1. The molecular formula is C22H24ClI2N3O3. The second-order valence-electron chi connectivity index (χ2n) is 8.36. The van der Waals surface area contributed by atoms with E-state index in [9.17, 15) is 9.59 Å². The van der Waals surface area contributed by atoms with Crippen molar-refractivity contribution in [2.24, 2.45) is 0 Å². The summed E-state index contributed by atoms with van der Waals surface area (Å²) in [6.07, 6.45) is 2.87. The van der Waals surface area contributed by atoms with Gasteiger partial charge in [0.2, 0.25) is 0 Å². The van der Waals surface area contributed by atoms with Gasteiger partial charge in [-0.05, 0) is 109 Å². The van der Waals surface area contributed by atoms with Crippen LogP contribution in [-0.2, 0) is 4.74 Å². The first-order valence-electron chi connectivity index (χ1n) is 9.93. The molecule has 0 spiro atoms. The van der Waals surface area contributed by atoms with E-state index in [0.29, 0.717) is 29.5 Å².